The molecule has 1 fully saturated rings. The van der Waals surface area contributed by atoms with E-state index < -0.39 is 0 Å². The first-order chi connectivity index (χ1) is 5.66. The van der Waals surface area contributed by atoms with Gasteiger partial charge in [-0.05, 0) is 26.9 Å². The van der Waals surface area contributed by atoms with Crippen LogP contribution in [-0.4, -0.2) is 35.5 Å². The molecule has 1 rings (SSSR count). The van der Waals surface area contributed by atoms with Gasteiger partial charge in [-0.1, -0.05) is 0 Å². The normalized spacial score (nSPS) is 27.2. The Morgan fingerprint density at radius 1 is 1.58 bits per heavy atom. The third kappa shape index (κ3) is 3.46. The Labute approximate surface area is 78.9 Å². The molecule has 0 N–H and O–H groups in total. The highest BCUT2D eigenvalue weighted by atomic mass is 32.2. The zero-order valence-electron chi connectivity index (χ0n) is 7.84. The van der Waals surface area contributed by atoms with Crippen LogP contribution in [-0.2, 0) is 0 Å². The standard InChI is InChI=1S/C9H16N2S/c1-9(8-12-9)4-7-11(2)6-3-5-10/h3-4,6-8H2,1-2H3. The lowest BCUT2D eigenvalue weighted by Crippen LogP contribution is -2.23. The predicted octanol–water partition coefficient (Wildman–Crippen LogP) is 1.73. The van der Waals surface area contributed by atoms with E-state index in [9.17, 15) is 0 Å². The topological polar surface area (TPSA) is 27.0 Å². The summed E-state index contributed by atoms with van der Waals surface area (Å²) >= 11 is 2.04. The van der Waals surface area contributed by atoms with Crippen molar-refractivity contribution >= 4 is 11.8 Å². The summed E-state index contributed by atoms with van der Waals surface area (Å²) in [6.45, 7) is 4.36. The van der Waals surface area contributed by atoms with Crippen LogP contribution < -0.4 is 0 Å². The highest BCUT2D eigenvalue weighted by Gasteiger charge is 2.37. The van der Waals surface area contributed by atoms with Crippen LogP contribution in [0, 0.1) is 11.3 Å². The van der Waals surface area contributed by atoms with Crippen molar-refractivity contribution in [1.29, 1.82) is 5.26 Å². The van der Waals surface area contributed by atoms with Crippen LogP contribution in [0.25, 0.3) is 0 Å². The van der Waals surface area contributed by atoms with Gasteiger partial charge in [-0.3, -0.25) is 0 Å². The van der Waals surface area contributed by atoms with Crippen LogP contribution in [0.3, 0.4) is 0 Å². The quantitative estimate of drug-likeness (QED) is 0.609. The third-order valence-corrected chi connectivity index (χ3v) is 3.74. The number of nitriles is 1. The Kier molecular flexibility index (Phi) is 3.42. The second-order valence-corrected chi connectivity index (χ2v) is 5.26. The van der Waals surface area contributed by atoms with Crippen molar-refractivity contribution in [3.05, 3.63) is 0 Å². The molecule has 0 radical (unpaired) electrons. The molecule has 0 aromatic heterocycles. The van der Waals surface area contributed by atoms with E-state index in [1.165, 1.54) is 12.2 Å². The Bertz CT molecular complexity index is 181. The number of hydrogen-bond donors (Lipinski definition) is 0. The van der Waals surface area contributed by atoms with Gasteiger partial charge < -0.3 is 4.90 Å². The summed E-state index contributed by atoms with van der Waals surface area (Å²) in [5, 5.41) is 8.37. The molecule has 0 aromatic rings. The van der Waals surface area contributed by atoms with Crippen molar-refractivity contribution in [3.8, 4) is 6.07 Å². The van der Waals surface area contributed by atoms with Crippen LogP contribution >= 0.6 is 11.8 Å². The molecule has 0 saturated carbocycles. The molecule has 12 heavy (non-hydrogen) atoms. The molecule has 0 aliphatic carbocycles. The second kappa shape index (κ2) is 4.15. The minimum atomic E-state index is 0.570. The summed E-state index contributed by atoms with van der Waals surface area (Å²) in [5.41, 5.74) is 0. The number of nitrogens with zero attached hydrogens (tertiary/aromatic N) is 2. The maximum absolute atomic E-state index is 8.37. The molecule has 1 atom stereocenters. The minimum absolute atomic E-state index is 0.570. The average molecular weight is 184 g/mol. The van der Waals surface area contributed by atoms with Crippen molar-refractivity contribution in [2.45, 2.75) is 24.5 Å². The van der Waals surface area contributed by atoms with E-state index in [0.29, 0.717) is 11.2 Å². The van der Waals surface area contributed by atoms with E-state index in [4.69, 9.17) is 5.26 Å². The van der Waals surface area contributed by atoms with Gasteiger partial charge in [0.05, 0.1) is 6.07 Å². The maximum Gasteiger partial charge on any atom is 0.0635 e. The van der Waals surface area contributed by atoms with Gasteiger partial charge in [0.1, 0.15) is 0 Å². The summed E-state index contributed by atoms with van der Waals surface area (Å²) in [7, 11) is 2.09. The van der Waals surface area contributed by atoms with E-state index in [2.05, 4.69) is 24.9 Å². The molecule has 0 aromatic carbocycles. The Hall–Kier alpha value is -0.200. The first-order valence-electron chi connectivity index (χ1n) is 4.36. The van der Waals surface area contributed by atoms with Crippen molar-refractivity contribution in [1.82, 2.24) is 4.90 Å². The van der Waals surface area contributed by atoms with E-state index in [1.54, 1.807) is 0 Å². The van der Waals surface area contributed by atoms with Gasteiger partial charge in [0.2, 0.25) is 0 Å². The Balaban J connectivity index is 2.02. The largest absolute Gasteiger partial charge is 0.305 e. The smallest absolute Gasteiger partial charge is 0.0635 e. The molecule has 0 bridgehead atoms. The number of rotatable bonds is 5. The third-order valence-electron chi connectivity index (χ3n) is 2.26. The number of hydrogen-bond acceptors (Lipinski definition) is 3. The van der Waals surface area contributed by atoms with Crippen LogP contribution in [0.4, 0.5) is 0 Å². The summed E-state index contributed by atoms with van der Waals surface area (Å²) in [5.74, 6) is 1.32. The highest BCUT2D eigenvalue weighted by molar-refractivity contribution is 8.07. The molecule has 0 amide bonds. The molecule has 1 aliphatic rings. The van der Waals surface area contributed by atoms with Crippen molar-refractivity contribution in [2.75, 3.05) is 25.9 Å². The minimum Gasteiger partial charge on any atom is -0.305 e. The van der Waals surface area contributed by atoms with E-state index >= 15 is 0 Å². The van der Waals surface area contributed by atoms with Gasteiger partial charge in [-0.15, -0.1) is 0 Å². The summed E-state index contributed by atoms with van der Waals surface area (Å²) in [6.07, 6.45) is 1.92. The van der Waals surface area contributed by atoms with Crippen LogP contribution in [0.2, 0.25) is 0 Å². The second-order valence-electron chi connectivity index (χ2n) is 3.70. The first-order valence-corrected chi connectivity index (χ1v) is 5.34. The van der Waals surface area contributed by atoms with Gasteiger partial charge in [0.15, 0.2) is 0 Å². The fourth-order valence-electron chi connectivity index (χ4n) is 1.05. The summed E-state index contributed by atoms with van der Waals surface area (Å²) in [4.78, 5) is 2.24. The molecule has 0 spiro atoms. The SMILES string of the molecule is CN(CCC#N)CCC1(C)CS1. The van der Waals surface area contributed by atoms with E-state index in [-0.39, 0.29) is 0 Å². The fraction of sp³-hybridized carbons (Fsp3) is 0.889. The van der Waals surface area contributed by atoms with Crippen LogP contribution in [0.5, 0.6) is 0 Å². The molecule has 1 saturated heterocycles. The van der Waals surface area contributed by atoms with Gasteiger partial charge in [-0.2, -0.15) is 17.0 Å². The highest BCUT2D eigenvalue weighted by Crippen LogP contribution is 2.46. The van der Waals surface area contributed by atoms with Gasteiger partial charge in [0.25, 0.3) is 0 Å². The van der Waals surface area contributed by atoms with Gasteiger partial charge >= 0.3 is 0 Å². The van der Waals surface area contributed by atoms with E-state index in [0.717, 1.165) is 13.1 Å². The molecule has 1 unspecified atom stereocenters. The average Bonchev–Trinajstić information content (AvgIpc) is 2.77. The predicted molar refractivity (Wildman–Crippen MR) is 53.2 cm³/mol. The monoisotopic (exact) mass is 184 g/mol. The van der Waals surface area contributed by atoms with Gasteiger partial charge in [-0.25, -0.2) is 0 Å². The molecule has 3 heteroatoms. The zero-order valence-corrected chi connectivity index (χ0v) is 8.65. The Morgan fingerprint density at radius 3 is 2.75 bits per heavy atom. The number of thioether (sulfide) groups is 1. The van der Waals surface area contributed by atoms with Crippen LogP contribution in [0.1, 0.15) is 19.8 Å². The first kappa shape index (κ1) is 9.88. The summed E-state index contributed by atoms with van der Waals surface area (Å²) < 4.78 is 0.570. The van der Waals surface area contributed by atoms with Crippen molar-refractivity contribution in [2.24, 2.45) is 0 Å². The molecule has 1 heterocycles. The van der Waals surface area contributed by atoms with Crippen molar-refractivity contribution < 1.29 is 0 Å². The van der Waals surface area contributed by atoms with Crippen LogP contribution in [0.15, 0.2) is 0 Å². The zero-order chi connectivity index (χ0) is 9.03. The molecule has 2 nitrogen and oxygen atoms in total. The molecule has 1 aliphatic heterocycles. The maximum atomic E-state index is 8.37. The molecular formula is C9H16N2S. The molecular weight excluding hydrogens is 168 g/mol. The molecule has 68 valence electrons. The summed E-state index contributed by atoms with van der Waals surface area (Å²) in [6, 6.07) is 2.16. The lowest BCUT2D eigenvalue weighted by Gasteiger charge is -2.16. The Morgan fingerprint density at radius 2 is 2.25 bits per heavy atom. The lowest BCUT2D eigenvalue weighted by molar-refractivity contribution is 0.330. The fourth-order valence-corrected chi connectivity index (χ4v) is 1.67. The van der Waals surface area contributed by atoms with E-state index in [1.807, 2.05) is 11.8 Å². The van der Waals surface area contributed by atoms with Crippen molar-refractivity contribution in [3.63, 3.8) is 0 Å². The van der Waals surface area contributed by atoms with Gasteiger partial charge in [0, 0.05) is 23.5 Å². The lowest BCUT2D eigenvalue weighted by atomic mass is 10.1.